The summed E-state index contributed by atoms with van der Waals surface area (Å²) in [6.07, 6.45) is 4.72. The molecule has 0 atom stereocenters. The highest BCUT2D eigenvalue weighted by molar-refractivity contribution is 6.28. The normalized spacial score (nSPS) is 12.5. The molecule has 0 spiro atoms. The molecule has 0 unspecified atom stereocenters. The van der Waals surface area contributed by atoms with Gasteiger partial charge < -0.3 is 5.41 Å². The first-order chi connectivity index (χ1) is 3.81. The van der Waals surface area contributed by atoms with Crippen LogP contribution in [0.4, 0.5) is 0 Å². The molecular weight excluding hydrogens is 100 g/mol. The second-order valence-corrected chi connectivity index (χ2v) is 1.40. The Morgan fingerprint density at radius 1 is 1.62 bits per heavy atom. The molecule has 0 saturated heterocycles. The Morgan fingerprint density at radius 2 is 2.25 bits per heavy atom. The first kappa shape index (κ1) is 7.08. The van der Waals surface area contributed by atoms with E-state index in [0.717, 1.165) is 5.71 Å². The Hall–Kier alpha value is -0.920. The van der Waals surface area contributed by atoms with Gasteiger partial charge in [-0.15, -0.1) is 0 Å². The highest BCUT2D eigenvalue weighted by atomic mass is 14.7. The van der Waals surface area contributed by atoms with Crippen LogP contribution >= 0.6 is 0 Å². The number of nitrogens with zero attached hydrogens (tertiary/aromatic N) is 1. The number of nitrogens with one attached hydrogen (secondary N) is 1. The molecule has 0 aliphatic carbocycles. The smallest absolute Gasteiger partial charge is 0.0547 e. The Morgan fingerprint density at radius 3 is 2.62 bits per heavy atom. The van der Waals surface area contributed by atoms with Crippen LogP contribution in [0, 0.1) is 5.41 Å². The van der Waals surface area contributed by atoms with Gasteiger partial charge in [0.05, 0.1) is 5.71 Å². The molecule has 0 rings (SSSR count). The molecule has 2 nitrogen and oxygen atoms in total. The summed E-state index contributed by atoms with van der Waals surface area (Å²) in [5.74, 6) is 0. The minimum atomic E-state index is 0.725. The lowest BCUT2D eigenvalue weighted by Crippen LogP contribution is -1.87. The Kier molecular flexibility index (Phi) is 3.76. The van der Waals surface area contributed by atoms with Crippen LogP contribution in [0.3, 0.4) is 0 Å². The number of hydrogen-bond acceptors (Lipinski definition) is 2. The summed E-state index contributed by atoms with van der Waals surface area (Å²) in [5, 5.41) is 6.70. The molecule has 0 fully saturated rings. The summed E-state index contributed by atoms with van der Waals surface area (Å²) >= 11 is 0. The molecule has 44 valence electrons. The summed E-state index contributed by atoms with van der Waals surface area (Å²) in [7, 11) is 0. The van der Waals surface area contributed by atoms with Gasteiger partial charge >= 0.3 is 0 Å². The van der Waals surface area contributed by atoms with Gasteiger partial charge in [-0.3, -0.25) is 4.99 Å². The number of hydrogen-bond donors (Lipinski definition) is 1. The third kappa shape index (κ3) is 3.28. The molecule has 0 radical (unpaired) electrons. The van der Waals surface area contributed by atoms with Gasteiger partial charge in [-0.2, -0.15) is 0 Å². The summed E-state index contributed by atoms with van der Waals surface area (Å²) in [6.45, 7) is 3.67. The largest absolute Gasteiger partial charge is 0.307 e. The lowest BCUT2D eigenvalue weighted by atomic mass is 10.5. The molecule has 2 heteroatoms. The fourth-order valence-corrected chi connectivity index (χ4v) is 0.229. The third-order valence-electron chi connectivity index (χ3n) is 0.636. The van der Waals surface area contributed by atoms with E-state index in [4.69, 9.17) is 5.41 Å². The molecule has 0 aliphatic heterocycles. The summed E-state index contributed by atoms with van der Waals surface area (Å²) in [5.41, 5.74) is 0.725. The molecule has 0 heterocycles. The highest BCUT2D eigenvalue weighted by Gasteiger charge is 1.73. The van der Waals surface area contributed by atoms with Gasteiger partial charge in [0.2, 0.25) is 0 Å². The van der Waals surface area contributed by atoms with Gasteiger partial charge in [-0.25, -0.2) is 0 Å². The van der Waals surface area contributed by atoms with E-state index in [1.807, 2.05) is 13.0 Å². The minimum absolute atomic E-state index is 0.725. The van der Waals surface area contributed by atoms with E-state index >= 15 is 0 Å². The summed E-state index contributed by atoms with van der Waals surface area (Å²) in [6, 6.07) is 0. The molecule has 1 N–H and O–H groups in total. The second-order valence-electron chi connectivity index (χ2n) is 1.40. The van der Waals surface area contributed by atoms with Crippen LogP contribution in [-0.4, -0.2) is 11.9 Å². The topological polar surface area (TPSA) is 36.2 Å². The van der Waals surface area contributed by atoms with Crippen molar-refractivity contribution < 1.29 is 0 Å². The van der Waals surface area contributed by atoms with Crippen molar-refractivity contribution in [3.05, 3.63) is 12.3 Å². The molecule has 0 aliphatic rings. The zero-order valence-corrected chi connectivity index (χ0v) is 5.18. The van der Waals surface area contributed by atoms with Crippen molar-refractivity contribution in [2.24, 2.45) is 4.99 Å². The van der Waals surface area contributed by atoms with E-state index in [0.29, 0.717) is 0 Å². The molecule has 8 heavy (non-hydrogen) atoms. The van der Waals surface area contributed by atoms with Crippen molar-refractivity contribution in [2.75, 3.05) is 0 Å². The first-order valence-corrected chi connectivity index (χ1v) is 2.47. The lowest BCUT2D eigenvalue weighted by Gasteiger charge is -1.79. The fourth-order valence-electron chi connectivity index (χ4n) is 0.229. The van der Waals surface area contributed by atoms with E-state index < -0.39 is 0 Å². The van der Waals surface area contributed by atoms with Crippen molar-refractivity contribution in [3.8, 4) is 0 Å². The lowest BCUT2D eigenvalue weighted by molar-refractivity contribution is 1.50. The third-order valence-corrected chi connectivity index (χ3v) is 0.636. The first-order valence-electron chi connectivity index (χ1n) is 2.47. The predicted octanol–water partition coefficient (Wildman–Crippen LogP) is 1.63. The SMILES string of the molecule is C/C=C\N=C(\C)C=N. The van der Waals surface area contributed by atoms with Crippen molar-refractivity contribution in [1.82, 2.24) is 0 Å². The zero-order chi connectivity index (χ0) is 6.41. The second kappa shape index (κ2) is 4.24. The summed E-state index contributed by atoms with van der Waals surface area (Å²) < 4.78 is 0. The number of allylic oxidation sites excluding steroid dienone is 1. The van der Waals surface area contributed by atoms with Crippen LogP contribution in [0.1, 0.15) is 13.8 Å². The Bertz CT molecular complexity index is 122. The van der Waals surface area contributed by atoms with E-state index in [2.05, 4.69) is 4.99 Å². The van der Waals surface area contributed by atoms with E-state index in [9.17, 15) is 0 Å². The highest BCUT2D eigenvalue weighted by Crippen LogP contribution is 1.74. The van der Waals surface area contributed by atoms with Gasteiger partial charge in [-0.05, 0) is 13.8 Å². The van der Waals surface area contributed by atoms with Crippen molar-refractivity contribution in [2.45, 2.75) is 13.8 Å². The van der Waals surface area contributed by atoms with Crippen LogP contribution in [-0.2, 0) is 0 Å². The average molecular weight is 110 g/mol. The molecule has 0 aromatic heterocycles. The maximum atomic E-state index is 6.70. The van der Waals surface area contributed by atoms with Crippen LogP contribution in [0.5, 0.6) is 0 Å². The van der Waals surface area contributed by atoms with Crippen molar-refractivity contribution in [3.63, 3.8) is 0 Å². The molecule has 0 aromatic rings. The minimum Gasteiger partial charge on any atom is -0.307 e. The van der Waals surface area contributed by atoms with Gasteiger partial charge in [0.15, 0.2) is 0 Å². The van der Waals surface area contributed by atoms with Crippen molar-refractivity contribution >= 4 is 11.9 Å². The Labute approximate surface area is 49.5 Å². The maximum Gasteiger partial charge on any atom is 0.0547 e. The predicted molar refractivity (Wildman–Crippen MR) is 36.7 cm³/mol. The average Bonchev–Trinajstić information content (AvgIpc) is 1.83. The van der Waals surface area contributed by atoms with E-state index in [-0.39, 0.29) is 0 Å². The van der Waals surface area contributed by atoms with Gasteiger partial charge in [-0.1, -0.05) is 6.08 Å². The van der Waals surface area contributed by atoms with Gasteiger partial charge in [0.1, 0.15) is 0 Å². The van der Waals surface area contributed by atoms with Gasteiger partial charge in [0.25, 0.3) is 0 Å². The number of rotatable bonds is 2. The Balaban J connectivity index is 3.74. The molecule has 0 amide bonds. The standard InChI is InChI=1S/C6H10N2/c1-3-4-8-6(2)5-7/h3-5,7H,1-2H3/b4-3-,7-5?,8-6-. The van der Waals surface area contributed by atoms with Crippen LogP contribution in [0.2, 0.25) is 0 Å². The molecule has 0 aromatic carbocycles. The summed E-state index contributed by atoms with van der Waals surface area (Å²) in [4.78, 5) is 3.85. The maximum absolute atomic E-state index is 6.70. The molecule has 0 saturated carbocycles. The molecular formula is C6H10N2. The van der Waals surface area contributed by atoms with Crippen LogP contribution < -0.4 is 0 Å². The van der Waals surface area contributed by atoms with Crippen LogP contribution in [0.25, 0.3) is 0 Å². The van der Waals surface area contributed by atoms with E-state index in [1.165, 1.54) is 6.21 Å². The monoisotopic (exact) mass is 110 g/mol. The zero-order valence-electron chi connectivity index (χ0n) is 5.18. The fraction of sp³-hybridized carbons (Fsp3) is 0.333. The molecule has 0 bridgehead atoms. The van der Waals surface area contributed by atoms with E-state index in [1.54, 1.807) is 13.1 Å². The van der Waals surface area contributed by atoms with Crippen LogP contribution in [0.15, 0.2) is 17.3 Å². The quantitative estimate of drug-likeness (QED) is 0.524. The van der Waals surface area contributed by atoms with Gasteiger partial charge in [0, 0.05) is 12.4 Å². The number of aliphatic imine (C=N–C) groups is 1. The van der Waals surface area contributed by atoms with Crippen molar-refractivity contribution in [1.29, 1.82) is 5.41 Å².